The van der Waals surface area contributed by atoms with E-state index in [0.717, 1.165) is 30.7 Å². The standard InChI is InChI=1S/C16H22N2O2/c1-12(19)15-5-3-4-8-18(15)11-14-9-13(10-17)6-7-16(14)20-2/h6-7,9,12,15,19H,3-5,8,11H2,1-2H3. The highest BCUT2D eigenvalue weighted by molar-refractivity contribution is 5.42. The molecule has 0 aliphatic carbocycles. The van der Waals surface area contributed by atoms with Gasteiger partial charge in [-0.1, -0.05) is 6.42 Å². The molecule has 1 aromatic rings. The number of ether oxygens (including phenoxy) is 1. The van der Waals surface area contributed by atoms with Crippen LogP contribution in [0.3, 0.4) is 0 Å². The first kappa shape index (κ1) is 14.8. The second-order valence-corrected chi connectivity index (χ2v) is 5.41. The van der Waals surface area contributed by atoms with Crippen LogP contribution in [0.25, 0.3) is 0 Å². The SMILES string of the molecule is COc1ccc(C#N)cc1CN1CCCCC1C(C)O. The first-order chi connectivity index (χ1) is 9.65. The fourth-order valence-corrected chi connectivity index (χ4v) is 2.95. The van der Waals surface area contributed by atoms with Crippen molar-refractivity contribution in [2.24, 2.45) is 0 Å². The Balaban J connectivity index is 2.21. The third-order valence-electron chi connectivity index (χ3n) is 4.00. The zero-order valence-electron chi connectivity index (χ0n) is 12.2. The lowest BCUT2D eigenvalue weighted by molar-refractivity contribution is 0.0313. The summed E-state index contributed by atoms with van der Waals surface area (Å²) in [6, 6.07) is 7.85. The lowest BCUT2D eigenvalue weighted by Gasteiger charge is -2.37. The Morgan fingerprint density at radius 2 is 2.30 bits per heavy atom. The summed E-state index contributed by atoms with van der Waals surface area (Å²) in [7, 11) is 1.65. The molecule has 1 aliphatic rings. The number of hydrogen-bond acceptors (Lipinski definition) is 4. The van der Waals surface area contributed by atoms with Gasteiger partial charge in [0.05, 0.1) is 24.8 Å². The number of rotatable bonds is 4. The van der Waals surface area contributed by atoms with Gasteiger partial charge in [0.2, 0.25) is 0 Å². The molecule has 108 valence electrons. The fourth-order valence-electron chi connectivity index (χ4n) is 2.95. The molecule has 0 bridgehead atoms. The van der Waals surface area contributed by atoms with E-state index >= 15 is 0 Å². The fraction of sp³-hybridized carbons (Fsp3) is 0.562. The lowest BCUT2D eigenvalue weighted by Crippen LogP contribution is -2.45. The minimum Gasteiger partial charge on any atom is -0.496 e. The second-order valence-electron chi connectivity index (χ2n) is 5.41. The highest BCUT2D eigenvalue weighted by Gasteiger charge is 2.26. The van der Waals surface area contributed by atoms with Crippen LogP contribution in [0, 0.1) is 11.3 Å². The minimum absolute atomic E-state index is 0.194. The summed E-state index contributed by atoms with van der Waals surface area (Å²) < 4.78 is 5.38. The van der Waals surface area contributed by atoms with Gasteiger partial charge in [-0.15, -0.1) is 0 Å². The van der Waals surface area contributed by atoms with E-state index in [9.17, 15) is 5.11 Å². The molecule has 4 nitrogen and oxygen atoms in total. The van der Waals surface area contributed by atoms with Gasteiger partial charge in [0, 0.05) is 18.2 Å². The van der Waals surface area contributed by atoms with Gasteiger partial charge in [0.25, 0.3) is 0 Å². The quantitative estimate of drug-likeness (QED) is 0.915. The number of likely N-dealkylation sites (tertiary alicyclic amines) is 1. The number of nitrogens with zero attached hydrogens (tertiary/aromatic N) is 2. The maximum absolute atomic E-state index is 9.93. The van der Waals surface area contributed by atoms with Crippen molar-refractivity contribution in [3.8, 4) is 11.8 Å². The molecule has 1 heterocycles. The van der Waals surface area contributed by atoms with Crippen LogP contribution in [0.4, 0.5) is 0 Å². The minimum atomic E-state index is -0.333. The van der Waals surface area contributed by atoms with Crippen LogP contribution >= 0.6 is 0 Å². The zero-order chi connectivity index (χ0) is 14.5. The van der Waals surface area contributed by atoms with Gasteiger partial charge in [-0.05, 0) is 44.5 Å². The van der Waals surface area contributed by atoms with E-state index in [4.69, 9.17) is 10.00 Å². The molecule has 2 unspecified atom stereocenters. The summed E-state index contributed by atoms with van der Waals surface area (Å²) >= 11 is 0. The largest absolute Gasteiger partial charge is 0.496 e. The van der Waals surface area contributed by atoms with Crippen LogP contribution in [0.5, 0.6) is 5.75 Å². The molecule has 20 heavy (non-hydrogen) atoms. The van der Waals surface area contributed by atoms with Gasteiger partial charge in [0.15, 0.2) is 0 Å². The molecule has 0 aromatic heterocycles. The number of nitriles is 1. The van der Waals surface area contributed by atoms with Crippen LogP contribution in [0.1, 0.15) is 37.3 Å². The molecule has 4 heteroatoms. The maximum Gasteiger partial charge on any atom is 0.123 e. The van der Waals surface area contributed by atoms with E-state index in [1.807, 2.05) is 19.1 Å². The first-order valence-corrected chi connectivity index (χ1v) is 7.15. The van der Waals surface area contributed by atoms with Crippen molar-refractivity contribution < 1.29 is 9.84 Å². The molecule has 0 radical (unpaired) electrons. The predicted molar refractivity (Wildman–Crippen MR) is 77.4 cm³/mol. The Bertz CT molecular complexity index is 494. The third kappa shape index (κ3) is 3.30. The molecular formula is C16H22N2O2. The second kappa shape index (κ2) is 6.74. The molecule has 0 spiro atoms. The van der Waals surface area contributed by atoms with E-state index in [2.05, 4.69) is 11.0 Å². The van der Waals surface area contributed by atoms with Crippen molar-refractivity contribution in [2.75, 3.05) is 13.7 Å². The van der Waals surface area contributed by atoms with Gasteiger partial charge in [-0.2, -0.15) is 5.26 Å². The summed E-state index contributed by atoms with van der Waals surface area (Å²) in [5.41, 5.74) is 1.66. The van der Waals surface area contributed by atoms with E-state index in [1.54, 1.807) is 13.2 Å². The summed E-state index contributed by atoms with van der Waals surface area (Å²) in [5.74, 6) is 0.805. The number of aliphatic hydroxyl groups is 1. The van der Waals surface area contributed by atoms with E-state index in [1.165, 1.54) is 6.42 Å². The smallest absolute Gasteiger partial charge is 0.123 e. The topological polar surface area (TPSA) is 56.5 Å². The van der Waals surface area contributed by atoms with Crippen LogP contribution in [0.15, 0.2) is 18.2 Å². The summed E-state index contributed by atoms with van der Waals surface area (Å²) in [6.07, 6.45) is 3.02. The Hall–Kier alpha value is -1.57. The van der Waals surface area contributed by atoms with Crippen molar-refractivity contribution >= 4 is 0 Å². The van der Waals surface area contributed by atoms with Crippen LogP contribution in [-0.2, 0) is 6.54 Å². The predicted octanol–water partition coefficient (Wildman–Crippen LogP) is 2.30. The van der Waals surface area contributed by atoms with Crippen molar-refractivity contribution in [1.82, 2.24) is 4.90 Å². The molecule has 1 aromatic carbocycles. The zero-order valence-corrected chi connectivity index (χ0v) is 12.2. The van der Waals surface area contributed by atoms with Gasteiger partial charge < -0.3 is 9.84 Å². The molecule has 2 atom stereocenters. The lowest BCUT2D eigenvalue weighted by atomic mass is 9.97. The van der Waals surface area contributed by atoms with Crippen molar-refractivity contribution in [1.29, 1.82) is 5.26 Å². The molecule has 0 amide bonds. The van der Waals surface area contributed by atoms with Gasteiger partial charge >= 0.3 is 0 Å². The molecule has 1 fully saturated rings. The molecule has 2 rings (SSSR count). The van der Waals surface area contributed by atoms with Crippen molar-refractivity contribution in [2.45, 2.75) is 44.9 Å². The Morgan fingerprint density at radius 1 is 1.50 bits per heavy atom. The molecule has 1 aliphatic heterocycles. The maximum atomic E-state index is 9.93. The Morgan fingerprint density at radius 3 is 2.95 bits per heavy atom. The third-order valence-corrected chi connectivity index (χ3v) is 4.00. The average molecular weight is 274 g/mol. The van der Waals surface area contributed by atoms with Crippen molar-refractivity contribution in [3.05, 3.63) is 29.3 Å². The van der Waals surface area contributed by atoms with Gasteiger partial charge in [0.1, 0.15) is 5.75 Å². The number of hydrogen-bond donors (Lipinski definition) is 1. The van der Waals surface area contributed by atoms with Gasteiger partial charge in [-0.25, -0.2) is 0 Å². The van der Waals surface area contributed by atoms with E-state index < -0.39 is 0 Å². The van der Waals surface area contributed by atoms with E-state index in [0.29, 0.717) is 12.1 Å². The highest BCUT2D eigenvalue weighted by atomic mass is 16.5. The van der Waals surface area contributed by atoms with Gasteiger partial charge in [-0.3, -0.25) is 4.90 Å². The summed E-state index contributed by atoms with van der Waals surface area (Å²) in [5, 5.41) is 19.0. The summed E-state index contributed by atoms with van der Waals surface area (Å²) in [6.45, 7) is 3.55. The first-order valence-electron chi connectivity index (χ1n) is 7.15. The number of methoxy groups -OCH3 is 1. The van der Waals surface area contributed by atoms with Crippen LogP contribution < -0.4 is 4.74 Å². The molecule has 0 saturated carbocycles. The Kier molecular flexibility index (Phi) is 4.99. The van der Waals surface area contributed by atoms with Crippen LogP contribution in [-0.4, -0.2) is 35.8 Å². The van der Waals surface area contributed by atoms with Crippen molar-refractivity contribution in [3.63, 3.8) is 0 Å². The monoisotopic (exact) mass is 274 g/mol. The number of piperidine rings is 1. The molecule has 1 saturated heterocycles. The van der Waals surface area contributed by atoms with Crippen LogP contribution in [0.2, 0.25) is 0 Å². The Labute approximate surface area is 120 Å². The average Bonchev–Trinajstić information content (AvgIpc) is 2.47. The number of aliphatic hydroxyl groups excluding tert-OH is 1. The van der Waals surface area contributed by atoms with E-state index in [-0.39, 0.29) is 12.1 Å². The molecular weight excluding hydrogens is 252 g/mol. The normalized spacial score (nSPS) is 21.2. The number of benzene rings is 1. The molecule has 1 N–H and O–H groups in total. The summed E-state index contributed by atoms with van der Waals surface area (Å²) in [4.78, 5) is 2.30. The highest BCUT2D eigenvalue weighted by Crippen LogP contribution is 2.26.